The standard InChI is InChI=1S/C28H46INO6Si/c1-19(2)37(20(3)4,21(5)6)35-17-16-22(18-25(33-10)34-11)26(31)30(27(32)36-28(7,8)9)24-15-13-12-14-23(24)29/h12-16,19-21,25H,17-18H2,1-11H3/b22-16-. The summed E-state index contributed by atoms with van der Waals surface area (Å²) in [6.07, 6.45) is 0.523. The maximum Gasteiger partial charge on any atom is 0.422 e. The van der Waals surface area contributed by atoms with Crippen molar-refractivity contribution in [1.82, 2.24) is 0 Å². The molecule has 0 unspecified atom stereocenters. The monoisotopic (exact) mass is 647 g/mol. The van der Waals surface area contributed by atoms with E-state index < -0.39 is 32.2 Å². The van der Waals surface area contributed by atoms with E-state index in [1.165, 1.54) is 14.2 Å². The van der Waals surface area contributed by atoms with Gasteiger partial charge in [0, 0.05) is 29.8 Å². The smallest absolute Gasteiger partial charge is 0.422 e. The predicted octanol–water partition coefficient (Wildman–Crippen LogP) is 7.69. The van der Waals surface area contributed by atoms with E-state index in [9.17, 15) is 9.59 Å². The second kappa shape index (κ2) is 14.8. The first-order valence-electron chi connectivity index (χ1n) is 12.8. The van der Waals surface area contributed by atoms with Gasteiger partial charge >= 0.3 is 6.09 Å². The number of carbonyl (C=O) groups is 2. The number of hydrogen-bond donors (Lipinski definition) is 0. The molecule has 210 valence electrons. The van der Waals surface area contributed by atoms with Gasteiger partial charge in [0.2, 0.25) is 8.32 Å². The van der Waals surface area contributed by atoms with Gasteiger partial charge in [0.05, 0.1) is 12.3 Å². The van der Waals surface area contributed by atoms with E-state index in [4.69, 9.17) is 18.6 Å². The number of rotatable bonds is 12. The minimum atomic E-state index is -2.16. The Morgan fingerprint density at radius 2 is 1.49 bits per heavy atom. The Balaban J connectivity index is 3.55. The third kappa shape index (κ3) is 9.16. The largest absolute Gasteiger partial charge is 0.443 e. The van der Waals surface area contributed by atoms with Crippen molar-refractivity contribution >= 4 is 48.6 Å². The SMILES string of the molecule is COC(C/C(=C/CO[Si](C(C)C)(C(C)C)C(C)C)C(=O)N(C(=O)OC(C)(C)C)c1ccccc1I)OC. The number of carbonyl (C=O) groups excluding carboxylic acids is 2. The Morgan fingerprint density at radius 1 is 0.973 bits per heavy atom. The molecule has 0 saturated heterocycles. The van der Waals surface area contributed by atoms with Crippen LogP contribution in [0.15, 0.2) is 35.9 Å². The zero-order valence-corrected chi connectivity index (χ0v) is 27.5. The molecule has 0 aliphatic heterocycles. The molecule has 0 aliphatic carbocycles. The van der Waals surface area contributed by atoms with Crippen molar-refractivity contribution in [2.75, 3.05) is 25.7 Å². The third-order valence-corrected chi connectivity index (χ3v) is 13.4. The number of benzene rings is 1. The van der Waals surface area contributed by atoms with Crippen molar-refractivity contribution in [3.05, 3.63) is 39.5 Å². The highest BCUT2D eigenvalue weighted by Gasteiger charge is 2.45. The Hall–Kier alpha value is -1.27. The summed E-state index contributed by atoms with van der Waals surface area (Å²) in [5, 5.41) is 0. The van der Waals surface area contributed by atoms with Gasteiger partial charge in [0.15, 0.2) is 6.29 Å². The van der Waals surface area contributed by atoms with Crippen molar-refractivity contribution in [2.45, 2.75) is 97.2 Å². The van der Waals surface area contributed by atoms with Crippen LogP contribution in [0.5, 0.6) is 0 Å². The van der Waals surface area contributed by atoms with E-state index >= 15 is 0 Å². The van der Waals surface area contributed by atoms with Crippen LogP contribution in [0.2, 0.25) is 16.6 Å². The van der Waals surface area contributed by atoms with Crippen LogP contribution in [0.25, 0.3) is 0 Å². The minimum absolute atomic E-state index is 0.150. The predicted molar refractivity (Wildman–Crippen MR) is 160 cm³/mol. The summed E-state index contributed by atoms with van der Waals surface area (Å²) in [6, 6.07) is 7.22. The molecule has 1 aromatic carbocycles. The summed E-state index contributed by atoms with van der Waals surface area (Å²) in [5.41, 5.74) is 1.23. The molecule has 0 aromatic heterocycles. The van der Waals surface area contributed by atoms with Crippen molar-refractivity contribution in [3.63, 3.8) is 0 Å². The van der Waals surface area contributed by atoms with Crippen molar-refractivity contribution < 1.29 is 28.2 Å². The first kappa shape index (κ1) is 33.8. The second-order valence-electron chi connectivity index (χ2n) is 11.0. The molecule has 0 aliphatic rings. The molecule has 0 radical (unpaired) electrons. The number of para-hydroxylation sites is 1. The zero-order chi connectivity index (χ0) is 28.6. The molecule has 2 amide bonds. The first-order valence-corrected chi connectivity index (χ1v) is 16.0. The molecule has 0 fully saturated rings. The van der Waals surface area contributed by atoms with Crippen LogP contribution in [-0.4, -0.2) is 53.0 Å². The highest BCUT2D eigenvalue weighted by Crippen LogP contribution is 2.42. The van der Waals surface area contributed by atoms with Gasteiger partial charge in [-0.15, -0.1) is 0 Å². The summed E-state index contributed by atoms with van der Waals surface area (Å²) < 4.78 is 23.9. The van der Waals surface area contributed by atoms with Gasteiger partial charge in [-0.2, -0.15) is 0 Å². The van der Waals surface area contributed by atoms with E-state index in [-0.39, 0.29) is 13.0 Å². The molecular formula is C28H46INO6Si. The van der Waals surface area contributed by atoms with Gasteiger partial charge in [-0.1, -0.05) is 59.8 Å². The average molecular weight is 648 g/mol. The van der Waals surface area contributed by atoms with Gasteiger partial charge in [-0.25, -0.2) is 9.69 Å². The number of imide groups is 1. The van der Waals surface area contributed by atoms with Crippen molar-refractivity contribution in [3.8, 4) is 0 Å². The number of ether oxygens (including phenoxy) is 3. The lowest BCUT2D eigenvalue weighted by atomic mass is 10.1. The molecule has 0 saturated carbocycles. The molecule has 0 atom stereocenters. The molecule has 0 N–H and O–H groups in total. The molecule has 1 aromatic rings. The van der Waals surface area contributed by atoms with Crippen LogP contribution < -0.4 is 4.90 Å². The van der Waals surface area contributed by atoms with Crippen LogP contribution in [0.4, 0.5) is 10.5 Å². The topological polar surface area (TPSA) is 74.3 Å². The maximum atomic E-state index is 14.0. The average Bonchev–Trinajstić information content (AvgIpc) is 2.78. The van der Waals surface area contributed by atoms with E-state index in [1.54, 1.807) is 39.0 Å². The van der Waals surface area contributed by atoms with Crippen molar-refractivity contribution in [1.29, 1.82) is 0 Å². The summed E-state index contributed by atoms with van der Waals surface area (Å²) >= 11 is 2.11. The van der Waals surface area contributed by atoms with Crippen LogP contribution in [0.3, 0.4) is 0 Å². The highest BCUT2D eigenvalue weighted by molar-refractivity contribution is 14.1. The van der Waals surface area contributed by atoms with Gasteiger partial charge < -0.3 is 18.6 Å². The molecular weight excluding hydrogens is 601 g/mol. The molecule has 1 rings (SSSR count). The Labute approximate surface area is 238 Å². The molecule has 0 spiro atoms. The minimum Gasteiger partial charge on any atom is -0.443 e. The Bertz CT molecular complexity index is 900. The normalized spacial score (nSPS) is 13.1. The Kier molecular flexibility index (Phi) is 13.5. The molecule has 0 heterocycles. The lowest BCUT2D eigenvalue weighted by Gasteiger charge is -2.42. The summed E-state index contributed by atoms with van der Waals surface area (Å²) in [7, 11) is 0.877. The first-order chi connectivity index (χ1) is 17.1. The fourth-order valence-corrected chi connectivity index (χ4v) is 10.9. The molecule has 0 bridgehead atoms. The lowest BCUT2D eigenvalue weighted by Crippen LogP contribution is -2.48. The summed E-state index contributed by atoms with van der Waals surface area (Å²) in [5.74, 6) is -0.494. The zero-order valence-electron chi connectivity index (χ0n) is 24.4. The van der Waals surface area contributed by atoms with Crippen molar-refractivity contribution in [2.24, 2.45) is 0 Å². The number of anilines is 1. The maximum absolute atomic E-state index is 14.0. The van der Waals surface area contributed by atoms with Crippen LogP contribution in [-0.2, 0) is 23.4 Å². The van der Waals surface area contributed by atoms with E-state index in [1.807, 2.05) is 12.1 Å². The summed E-state index contributed by atoms with van der Waals surface area (Å²) in [6.45, 7) is 18.9. The highest BCUT2D eigenvalue weighted by atomic mass is 127. The van der Waals surface area contributed by atoms with Crippen LogP contribution in [0.1, 0.15) is 68.7 Å². The second-order valence-corrected chi connectivity index (χ2v) is 17.7. The molecule has 7 nitrogen and oxygen atoms in total. The molecule has 37 heavy (non-hydrogen) atoms. The van der Waals surface area contributed by atoms with Crippen LogP contribution in [0, 0.1) is 3.57 Å². The van der Waals surface area contributed by atoms with E-state index in [0.717, 1.165) is 8.47 Å². The van der Waals surface area contributed by atoms with Crippen LogP contribution >= 0.6 is 22.6 Å². The quantitative estimate of drug-likeness (QED) is 0.100. The summed E-state index contributed by atoms with van der Waals surface area (Å²) in [4.78, 5) is 28.5. The van der Waals surface area contributed by atoms with E-state index in [0.29, 0.717) is 27.9 Å². The molecule has 9 heteroatoms. The van der Waals surface area contributed by atoms with Gasteiger partial charge in [0.25, 0.3) is 5.91 Å². The number of halogens is 1. The number of amides is 2. The van der Waals surface area contributed by atoms with Gasteiger partial charge in [-0.05, 0) is 72.1 Å². The fourth-order valence-electron chi connectivity index (χ4n) is 4.86. The van der Waals surface area contributed by atoms with E-state index in [2.05, 4.69) is 64.1 Å². The third-order valence-electron chi connectivity index (χ3n) is 6.43. The number of hydrogen-bond acceptors (Lipinski definition) is 6. The fraction of sp³-hybridized carbons (Fsp3) is 0.643. The Morgan fingerprint density at radius 3 is 1.92 bits per heavy atom. The van der Waals surface area contributed by atoms with Gasteiger partial charge in [-0.3, -0.25) is 4.79 Å². The number of nitrogens with zero attached hydrogens (tertiary/aromatic N) is 1. The lowest BCUT2D eigenvalue weighted by molar-refractivity contribution is -0.119. The number of methoxy groups -OCH3 is 2. The van der Waals surface area contributed by atoms with Gasteiger partial charge in [0.1, 0.15) is 5.60 Å².